The van der Waals surface area contributed by atoms with Crippen LogP contribution in [-0.4, -0.2) is 11.0 Å². The monoisotopic (exact) mass is 189 g/mol. The van der Waals surface area contributed by atoms with E-state index in [1.165, 1.54) is 13.0 Å². The van der Waals surface area contributed by atoms with Gasteiger partial charge in [0, 0.05) is 24.6 Å². The molecule has 0 saturated carbocycles. The van der Waals surface area contributed by atoms with Crippen LogP contribution in [0.25, 0.3) is 0 Å². The van der Waals surface area contributed by atoms with E-state index in [2.05, 4.69) is 11.2 Å². The molecule has 0 atom stereocenters. The van der Waals surface area contributed by atoms with E-state index in [4.69, 9.17) is 6.42 Å². The predicted molar refractivity (Wildman–Crippen MR) is 54.9 cm³/mol. The highest BCUT2D eigenvalue weighted by Crippen LogP contribution is 2.21. The summed E-state index contributed by atoms with van der Waals surface area (Å²) in [6.07, 6.45) is 5.48. The summed E-state index contributed by atoms with van der Waals surface area (Å²) in [7, 11) is 0. The van der Waals surface area contributed by atoms with Gasteiger partial charge in [0.15, 0.2) is 0 Å². The van der Waals surface area contributed by atoms with Crippen molar-refractivity contribution in [3.63, 3.8) is 0 Å². The number of benzene rings is 1. The number of carbonyl (C=O) groups excluding carboxylic acids is 1. The fourth-order valence-corrected chi connectivity index (χ4v) is 1.12. The molecule has 3 nitrogen and oxygen atoms in total. The van der Waals surface area contributed by atoms with Gasteiger partial charge >= 0.3 is 0 Å². The molecule has 0 heterocycles. The van der Waals surface area contributed by atoms with Crippen LogP contribution < -0.4 is 5.32 Å². The highest BCUT2D eigenvalue weighted by molar-refractivity contribution is 5.88. The van der Waals surface area contributed by atoms with Crippen molar-refractivity contribution < 1.29 is 9.90 Å². The van der Waals surface area contributed by atoms with Gasteiger partial charge in [0.05, 0.1) is 0 Å². The minimum Gasteiger partial charge on any atom is -0.508 e. The first-order valence-electron chi connectivity index (χ1n) is 4.16. The maximum Gasteiger partial charge on any atom is 0.221 e. The number of amides is 1. The molecular weight excluding hydrogens is 178 g/mol. The lowest BCUT2D eigenvalue weighted by atomic mass is 10.1. The van der Waals surface area contributed by atoms with Gasteiger partial charge in [-0.15, -0.1) is 12.3 Å². The Labute approximate surface area is 82.8 Å². The van der Waals surface area contributed by atoms with Crippen molar-refractivity contribution in [2.75, 3.05) is 5.32 Å². The zero-order valence-corrected chi connectivity index (χ0v) is 7.87. The Morgan fingerprint density at radius 3 is 2.93 bits per heavy atom. The van der Waals surface area contributed by atoms with Crippen LogP contribution in [0.1, 0.15) is 12.5 Å². The van der Waals surface area contributed by atoms with Crippen LogP contribution in [0.15, 0.2) is 18.2 Å². The number of anilines is 1. The fourth-order valence-electron chi connectivity index (χ4n) is 1.12. The van der Waals surface area contributed by atoms with Crippen molar-refractivity contribution in [1.82, 2.24) is 0 Å². The van der Waals surface area contributed by atoms with Crippen LogP contribution in [-0.2, 0) is 11.2 Å². The number of phenols is 1. The molecule has 0 unspecified atom stereocenters. The van der Waals surface area contributed by atoms with Gasteiger partial charge in [-0.2, -0.15) is 0 Å². The van der Waals surface area contributed by atoms with Crippen LogP contribution in [0.2, 0.25) is 0 Å². The Kier molecular flexibility index (Phi) is 3.14. The average Bonchev–Trinajstić information content (AvgIpc) is 2.10. The second kappa shape index (κ2) is 4.33. The molecule has 1 rings (SSSR count). The maximum atomic E-state index is 10.8. The van der Waals surface area contributed by atoms with Crippen LogP contribution in [0.4, 0.5) is 5.69 Å². The molecule has 0 bridgehead atoms. The highest BCUT2D eigenvalue weighted by Gasteiger charge is 2.02. The first-order chi connectivity index (χ1) is 6.63. The number of aromatic hydroxyl groups is 1. The lowest BCUT2D eigenvalue weighted by molar-refractivity contribution is -0.114. The number of rotatable bonds is 2. The molecule has 0 aliphatic rings. The second-order valence-corrected chi connectivity index (χ2v) is 2.91. The van der Waals surface area contributed by atoms with Gasteiger partial charge in [0.25, 0.3) is 0 Å². The quantitative estimate of drug-likeness (QED) is 0.547. The fraction of sp³-hybridized carbons (Fsp3) is 0.182. The van der Waals surface area contributed by atoms with Crippen molar-refractivity contribution >= 4 is 11.6 Å². The Morgan fingerprint density at radius 2 is 2.36 bits per heavy atom. The zero-order valence-electron chi connectivity index (χ0n) is 7.87. The lowest BCUT2D eigenvalue weighted by Gasteiger charge is -2.05. The molecule has 1 aromatic carbocycles. The third-order valence-electron chi connectivity index (χ3n) is 1.69. The summed E-state index contributed by atoms with van der Waals surface area (Å²) in [6.45, 7) is 1.42. The summed E-state index contributed by atoms with van der Waals surface area (Å²) in [5.74, 6) is 2.43. The van der Waals surface area contributed by atoms with Gasteiger partial charge in [-0.05, 0) is 18.2 Å². The largest absolute Gasteiger partial charge is 0.508 e. The van der Waals surface area contributed by atoms with Gasteiger partial charge in [-0.1, -0.05) is 0 Å². The van der Waals surface area contributed by atoms with E-state index in [-0.39, 0.29) is 11.7 Å². The molecular formula is C11H11NO2. The Balaban J connectivity index is 2.95. The molecule has 0 aliphatic carbocycles. The van der Waals surface area contributed by atoms with Crippen LogP contribution >= 0.6 is 0 Å². The van der Waals surface area contributed by atoms with Crippen molar-refractivity contribution in [1.29, 1.82) is 0 Å². The van der Waals surface area contributed by atoms with Gasteiger partial charge in [0.1, 0.15) is 5.75 Å². The van der Waals surface area contributed by atoms with Crippen molar-refractivity contribution in [2.45, 2.75) is 13.3 Å². The number of phenolic OH excluding ortho intramolecular Hbond substituents is 1. The van der Waals surface area contributed by atoms with E-state index in [1.54, 1.807) is 12.1 Å². The molecule has 1 aromatic rings. The molecule has 0 radical (unpaired) electrons. The van der Waals surface area contributed by atoms with Gasteiger partial charge in [-0.3, -0.25) is 4.79 Å². The topological polar surface area (TPSA) is 49.3 Å². The molecule has 0 spiro atoms. The lowest BCUT2D eigenvalue weighted by Crippen LogP contribution is -2.05. The zero-order chi connectivity index (χ0) is 10.6. The first-order valence-corrected chi connectivity index (χ1v) is 4.16. The molecule has 3 heteroatoms. The van der Waals surface area contributed by atoms with Gasteiger partial charge in [-0.25, -0.2) is 0 Å². The van der Waals surface area contributed by atoms with E-state index < -0.39 is 0 Å². The van der Waals surface area contributed by atoms with Gasteiger partial charge < -0.3 is 10.4 Å². The number of hydrogen-bond donors (Lipinski definition) is 2. The van der Waals surface area contributed by atoms with E-state index in [9.17, 15) is 9.90 Å². The third kappa shape index (κ3) is 2.53. The Hall–Kier alpha value is -1.95. The molecule has 0 fully saturated rings. The minimum absolute atomic E-state index is 0.150. The van der Waals surface area contributed by atoms with Crippen LogP contribution in [0.5, 0.6) is 5.75 Å². The van der Waals surface area contributed by atoms with Crippen molar-refractivity contribution in [3.05, 3.63) is 23.8 Å². The van der Waals surface area contributed by atoms with Crippen LogP contribution in [0.3, 0.4) is 0 Å². The van der Waals surface area contributed by atoms with E-state index in [0.29, 0.717) is 17.7 Å². The number of carbonyl (C=O) groups is 1. The molecule has 2 N–H and O–H groups in total. The summed E-state index contributed by atoms with van der Waals surface area (Å²) in [5.41, 5.74) is 1.28. The van der Waals surface area contributed by atoms with Crippen molar-refractivity contribution in [3.8, 4) is 18.1 Å². The molecule has 0 aromatic heterocycles. The van der Waals surface area contributed by atoms with Crippen molar-refractivity contribution in [2.24, 2.45) is 0 Å². The smallest absolute Gasteiger partial charge is 0.221 e. The number of nitrogens with one attached hydrogen (secondary N) is 1. The predicted octanol–water partition coefficient (Wildman–Crippen LogP) is 1.53. The summed E-state index contributed by atoms with van der Waals surface area (Å²) >= 11 is 0. The standard InChI is InChI=1S/C11H11NO2/c1-3-4-9-7-10(12-8(2)13)5-6-11(9)14/h1,5-7,14H,4H2,2H3,(H,12,13). The van der Waals surface area contributed by atoms with E-state index in [0.717, 1.165) is 0 Å². The molecule has 0 saturated heterocycles. The molecule has 0 aliphatic heterocycles. The molecule has 14 heavy (non-hydrogen) atoms. The van der Waals surface area contributed by atoms with Crippen LogP contribution in [0, 0.1) is 12.3 Å². The summed E-state index contributed by atoms with van der Waals surface area (Å²) in [4.78, 5) is 10.8. The highest BCUT2D eigenvalue weighted by atomic mass is 16.3. The first kappa shape index (κ1) is 10.1. The number of hydrogen-bond acceptors (Lipinski definition) is 2. The SMILES string of the molecule is C#CCc1cc(NC(C)=O)ccc1O. The van der Waals surface area contributed by atoms with E-state index >= 15 is 0 Å². The molecule has 1 amide bonds. The number of terminal acetylenes is 1. The second-order valence-electron chi connectivity index (χ2n) is 2.91. The average molecular weight is 189 g/mol. The normalized spacial score (nSPS) is 9.14. The van der Waals surface area contributed by atoms with Gasteiger partial charge in [0.2, 0.25) is 5.91 Å². The van der Waals surface area contributed by atoms with E-state index in [1.807, 2.05) is 0 Å². The minimum atomic E-state index is -0.151. The summed E-state index contributed by atoms with van der Waals surface area (Å²) < 4.78 is 0. The third-order valence-corrected chi connectivity index (χ3v) is 1.69. The molecule has 72 valence electrons. The Morgan fingerprint density at radius 1 is 1.64 bits per heavy atom. The summed E-state index contributed by atoms with van der Waals surface area (Å²) in [6, 6.07) is 4.80. The summed E-state index contributed by atoms with van der Waals surface area (Å²) in [5, 5.41) is 12.0. The maximum absolute atomic E-state index is 10.8. The Bertz CT molecular complexity index is 391.